The molecule has 82 valence electrons. The summed E-state index contributed by atoms with van der Waals surface area (Å²) in [4.78, 5) is 15.8. The molecule has 1 saturated heterocycles. The molecule has 1 atom stereocenters. The third-order valence-corrected chi connectivity index (χ3v) is 3.61. The molecule has 15 heavy (non-hydrogen) atoms. The molecule has 1 fully saturated rings. The Morgan fingerprint density at radius 2 is 2.60 bits per heavy atom. The SMILES string of the molecule is CC(CNC(=O)C1CNC1)c1nccs1. The summed E-state index contributed by atoms with van der Waals surface area (Å²) in [7, 11) is 0. The smallest absolute Gasteiger partial charge is 0.225 e. The van der Waals surface area contributed by atoms with Crippen molar-refractivity contribution in [3.63, 3.8) is 0 Å². The maximum absolute atomic E-state index is 11.5. The molecule has 1 unspecified atom stereocenters. The van der Waals surface area contributed by atoms with Crippen molar-refractivity contribution < 1.29 is 4.79 Å². The Labute approximate surface area is 93.1 Å². The largest absolute Gasteiger partial charge is 0.355 e. The fraction of sp³-hybridized carbons (Fsp3) is 0.600. The number of rotatable bonds is 4. The van der Waals surface area contributed by atoms with Gasteiger partial charge in [-0.3, -0.25) is 4.79 Å². The van der Waals surface area contributed by atoms with E-state index in [9.17, 15) is 4.79 Å². The molecular weight excluding hydrogens is 210 g/mol. The van der Waals surface area contributed by atoms with Gasteiger partial charge in [0.15, 0.2) is 0 Å². The van der Waals surface area contributed by atoms with Crippen molar-refractivity contribution in [3.05, 3.63) is 16.6 Å². The Balaban J connectivity index is 1.75. The summed E-state index contributed by atoms with van der Waals surface area (Å²) in [6, 6.07) is 0. The number of carbonyl (C=O) groups is 1. The molecule has 4 nitrogen and oxygen atoms in total. The quantitative estimate of drug-likeness (QED) is 0.788. The van der Waals surface area contributed by atoms with Gasteiger partial charge in [0.25, 0.3) is 0 Å². The molecule has 0 bridgehead atoms. The zero-order chi connectivity index (χ0) is 10.7. The van der Waals surface area contributed by atoms with Gasteiger partial charge in [-0.15, -0.1) is 11.3 Å². The average Bonchev–Trinajstić information content (AvgIpc) is 2.63. The van der Waals surface area contributed by atoms with E-state index in [2.05, 4.69) is 22.5 Å². The lowest BCUT2D eigenvalue weighted by Crippen LogP contribution is -2.51. The number of carbonyl (C=O) groups excluding carboxylic acids is 1. The van der Waals surface area contributed by atoms with Crippen LogP contribution in [0.2, 0.25) is 0 Å². The second kappa shape index (κ2) is 4.72. The number of nitrogens with one attached hydrogen (secondary N) is 2. The van der Waals surface area contributed by atoms with Crippen LogP contribution in [0, 0.1) is 5.92 Å². The van der Waals surface area contributed by atoms with E-state index in [0.29, 0.717) is 12.5 Å². The normalized spacial score (nSPS) is 18.2. The van der Waals surface area contributed by atoms with Crippen LogP contribution in [0.5, 0.6) is 0 Å². The molecular formula is C10H15N3OS. The van der Waals surface area contributed by atoms with Gasteiger partial charge in [0.05, 0.1) is 10.9 Å². The van der Waals surface area contributed by atoms with E-state index >= 15 is 0 Å². The van der Waals surface area contributed by atoms with Crippen LogP contribution < -0.4 is 10.6 Å². The first kappa shape index (κ1) is 10.6. The van der Waals surface area contributed by atoms with Crippen LogP contribution in [-0.4, -0.2) is 30.5 Å². The van der Waals surface area contributed by atoms with Crippen LogP contribution in [0.15, 0.2) is 11.6 Å². The van der Waals surface area contributed by atoms with Gasteiger partial charge in [0.2, 0.25) is 5.91 Å². The van der Waals surface area contributed by atoms with Gasteiger partial charge in [-0.2, -0.15) is 0 Å². The van der Waals surface area contributed by atoms with Crippen LogP contribution in [0.25, 0.3) is 0 Å². The number of hydrogen-bond acceptors (Lipinski definition) is 4. The maximum Gasteiger partial charge on any atom is 0.225 e. The van der Waals surface area contributed by atoms with Gasteiger partial charge < -0.3 is 10.6 Å². The number of amides is 1. The highest BCUT2D eigenvalue weighted by molar-refractivity contribution is 7.09. The molecule has 0 radical (unpaired) electrons. The lowest BCUT2D eigenvalue weighted by molar-refractivity contribution is -0.126. The number of hydrogen-bond donors (Lipinski definition) is 2. The van der Waals surface area contributed by atoms with Crippen molar-refractivity contribution in [2.75, 3.05) is 19.6 Å². The van der Waals surface area contributed by atoms with Crippen molar-refractivity contribution in [1.82, 2.24) is 15.6 Å². The van der Waals surface area contributed by atoms with Crippen molar-refractivity contribution in [1.29, 1.82) is 0 Å². The lowest BCUT2D eigenvalue weighted by atomic mass is 10.0. The van der Waals surface area contributed by atoms with Gasteiger partial charge in [-0.25, -0.2) is 4.98 Å². The van der Waals surface area contributed by atoms with Gasteiger partial charge >= 0.3 is 0 Å². The standard InChI is InChI=1S/C10H15N3OS/c1-7(10-12-2-3-15-10)4-13-9(14)8-5-11-6-8/h2-3,7-8,11H,4-6H2,1H3,(H,13,14). The molecule has 2 rings (SSSR count). The first-order valence-corrected chi connectivity index (χ1v) is 6.03. The zero-order valence-electron chi connectivity index (χ0n) is 8.69. The van der Waals surface area contributed by atoms with Crippen LogP contribution in [-0.2, 0) is 4.79 Å². The first-order chi connectivity index (χ1) is 7.27. The topological polar surface area (TPSA) is 54.0 Å². The summed E-state index contributed by atoms with van der Waals surface area (Å²) in [6.07, 6.45) is 1.80. The molecule has 1 aromatic rings. The highest BCUT2D eigenvalue weighted by Gasteiger charge is 2.24. The van der Waals surface area contributed by atoms with Crippen molar-refractivity contribution >= 4 is 17.2 Å². The molecule has 1 aliphatic heterocycles. The predicted octanol–water partition coefficient (Wildman–Crippen LogP) is 0.582. The molecule has 2 heterocycles. The summed E-state index contributed by atoms with van der Waals surface area (Å²) in [5.74, 6) is 0.646. The lowest BCUT2D eigenvalue weighted by Gasteiger charge is -2.26. The number of aromatic nitrogens is 1. The molecule has 0 aliphatic carbocycles. The molecule has 0 saturated carbocycles. The molecule has 5 heteroatoms. The van der Waals surface area contributed by atoms with E-state index in [1.54, 1.807) is 17.5 Å². The minimum atomic E-state index is 0.164. The fourth-order valence-electron chi connectivity index (χ4n) is 1.44. The third-order valence-electron chi connectivity index (χ3n) is 2.61. The van der Waals surface area contributed by atoms with Crippen molar-refractivity contribution in [2.24, 2.45) is 5.92 Å². The van der Waals surface area contributed by atoms with E-state index in [-0.39, 0.29) is 11.8 Å². The van der Waals surface area contributed by atoms with Crippen LogP contribution >= 0.6 is 11.3 Å². The Kier molecular flexibility index (Phi) is 3.33. The van der Waals surface area contributed by atoms with E-state index in [0.717, 1.165) is 18.1 Å². The van der Waals surface area contributed by atoms with Crippen molar-refractivity contribution in [3.8, 4) is 0 Å². The Bertz CT molecular complexity index is 321. The minimum Gasteiger partial charge on any atom is -0.355 e. The van der Waals surface area contributed by atoms with Gasteiger partial charge in [0.1, 0.15) is 0 Å². The summed E-state index contributed by atoms with van der Waals surface area (Å²) >= 11 is 1.64. The monoisotopic (exact) mass is 225 g/mol. The highest BCUT2D eigenvalue weighted by Crippen LogP contribution is 2.16. The van der Waals surface area contributed by atoms with Crippen LogP contribution in [0.4, 0.5) is 0 Å². The summed E-state index contributed by atoms with van der Waals surface area (Å²) in [6.45, 7) is 4.40. The second-order valence-electron chi connectivity index (χ2n) is 3.87. The Morgan fingerprint density at radius 3 is 3.13 bits per heavy atom. The number of nitrogens with zero attached hydrogens (tertiary/aromatic N) is 1. The molecule has 0 spiro atoms. The predicted molar refractivity (Wildman–Crippen MR) is 59.9 cm³/mol. The Hall–Kier alpha value is -0.940. The zero-order valence-corrected chi connectivity index (χ0v) is 9.51. The minimum absolute atomic E-state index is 0.164. The van der Waals surface area contributed by atoms with E-state index in [1.807, 2.05) is 5.38 Å². The van der Waals surface area contributed by atoms with Gasteiger partial charge in [0, 0.05) is 37.1 Å². The summed E-state index contributed by atoms with van der Waals surface area (Å²) < 4.78 is 0. The van der Waals surface area contributed by atoms with E-state index < -0.39 is 0 Å². The maximum atomic E-state index is 11.5. The van der Waals surface area contributed by atoms with Gasteiger partial charge in [-0.05, 0) is 0 Å². The van der Waals surface area contributed by atoms with E-state index in [1.165, 1.54) is 0 Å². The fourth-order valence-corrected chi connectivity index (χ4v) is 2.14. The van der Waals surface area contributed by atoms with Crippen LogP contribution in [0.3, 0.4) is 0 Å². The molecule has 2 N–H and O–H groups in total. The van der Waals surface area contributed by atoms with Gasteiger partial charge in [-0.1, -0.05) is 6.92 Å². The first-order valence-electron chi connectivity index (χ1n) is 5.15. The second-order valence-corrected chi connectivity index (χ2v) is 4.80. The summed E-state index contributed by atoms with van der Waals surface area (Å²) in [5.41, 5.74) is 0. The third kappa shape index (κ3) is 2.54. The molecule has 1 aliphatic rings. The average molecular weight is 225 g/mol. The van der Waals surface area contributed by atoms with E-state index in [4.69, 9.17) is 0 Å². The summed E-state index contributed by atoms with van der Waals surface area (Å²) in [5, 5.41) is 9.09. The van der Waals surface area contributed by atoms with Crippen LogP contribution in [0.1, 0.15) is 17.8 Å². The highest BCUT2D eigenvalue weighted by atomic mass is 32.1. The Morgan fingerprint density at radius 1 is 1.80 bits per heavy atom. The molecule has 1 aromatic heterocycles. The molecule has 1 amide bonds. The molecule has 0 aromatic carbocycles. The van der Waals surface area contributed by atoms with Crippen molar-refractivity contribution in [2.45, 2.75) is 12.8 Å². The number of thiazole rings is 1.